The standard InChI is InChI=1S/C22H26N2O5S/c1-5-15(2)24(22(25)19-10-7-11-28-19)12-16-14-30-20(23-16)13-29-21-17(26-3)8-6-9-18(21)27-4/h6-11,14-15H,5,12-13H2,1-4H3/t15-/m1/s1. The highest BCUT2D eigenvalue weighted by molar-refractivity contribution is 7.09. The maximum Gasteiger partial charge on any atom is 0.290 e. The highest BCUT2D eigenvalue weighted by Gasteiger charge is 2.24. The molecule has 1 atom stereocenters. The molecule has 0 aliphatic rings. The van der Waals surface area contributed by atoms with Gasteiger partial charge in [-0.3, -0.25) is 4.79 Å². The Bertz CT molecular complexity index is 932. The third kappa shape index (κ3) is 4.94. The van der Waals surface area contributed by atoms with Crippen LogP contribution in [0.3, 0.4) is 0 Å². The van der Waals surface area contributed by atoms with Gasteiger partial charge in [0.05, 0.1) is 32.7 Å². The average molecular weight is 431 g/mol. The smallest absolute Gasteiger partial charge is 0.290 e. The van der Waals surface area contributed by atoms with Crippen LogP contribution in [0.4, 0.5) is 0 Å². The lowest BCUT2D eigenvalue weighted by atomic mass is 10.2. The molecule has 160 valence electrons. The van der Waals surface area contributed by atoms with Gasteiger partial charge in [0, 0.05) is 11.4 Å². The lowest BCUT2D eigenvalue weighted by Gasteiger charge is -2.27. The summed E-state index contributed by atoms with van der Waals surface area (Å²) >= 11 is 1.49. The fourth-order valence-electron chi connectivity index (χ4n) is 2.95. The molecule has 0 N–H and O–H groups in total. The molecule has 0 aliphatic carbocycles. The summed E-state index contributed by atoms with van der Waals surface area (Å²) in [6.45, 7) is 4.75. The molecule has 2 aromatic heterocycles. The Balaban J connectivity index is 1.70. The molecule has 3 aromatic rings. The van der Waals surface area contributed by atoms with E-state index >= 15 is 0 Å². The van der Waals surface area contributed by atoms with Crippen LogP contribution in [0.5, 0.6) is 17.2 Å². The Morgan fingerprint density at radius 2 is 1.93 bits per heavy atom. The number of aromatic nitrogens is 1. The Hall–Kier alpha value is -3.00. The van der Waals surface area contributed by atoms with Crippen molar-refractivity contribution in [3.63, 3.8) is 0 Å². The van der Waals surface area contributed by atoms with Gasteiger partial charge in [0.25, 0.3) is 5.91 Å². The minimum atomic E-state index is -0.140. The van der Waals surface area contributed by atoms with Crippen molar-refractivity contribution in [2.24, 2.45) is 0 Å². The second-order valence-electron chi connectivity index (χ2n) is 6.68. The van der Waals surface area contributed by atoms with Crippen LogP contribution >= 0.6 is 11.3 Å². The van der Waals surface area contributed by atoms with Crippen LogP contribution in [-0.4, -0.2) is 36.1 Å². The van der Waals surface area contributed by atoms with Crippen LogP contribution in [0.15, 0.2) is 46.4 Å². The van der Waals surface area contributed by atoms with Gasteiger partial charge >= 0.3 is 0 Å². The molecule has 30 heavy (non-hydrogen) atoms. The number of methoxy groups -OCH3 is 2. The fraction of sp³-hybridized carbons (Fsp3) is 0.364. The van der Waals surface area contributed by atoms with Crippen molar-refractivity contribution >= 4 is 17.2 Å². The molecule has 0 unspecified atom stereocenters. The molecule has 1 amide bonds. The molecule has 3 rings (SSSR count). The summed E-state index contributed by atoms with van der Waals surface area (Å²) in [5, 5.41) is 2.75. The van der Waals surface area contributed by atoms with Crippen LogP contribution in [-0.2, 0) is 13.2 Å². The number of benzene rings is 1. The van der Waals surface area contributed by atoms with Gasteiger partial charge < -0.3 is 23.5 Å². The number of para-hydroxylation sites is 1. The topological polar surface area (TPSA) is 74.0 Å². The molecular formula is C22H26N2O5S. The number of rotatable bonds is 10. The van der Waals surface area contributed by atoms with E-state index in [4.69, 9.17) is 18.6 Å². The summed E-state index contributed by atoms with van der Waals surface area (Å²) < 4.78 is 21.9. The number of furan rings is 1. The maximum atomic E-state index is 12.8. The number of amides is 1. The van der Waals surface area contributed by atoms with Crippen molar-refractivity contribution in [1.82, 2.24) is 9.88 Å². The van der Waals surface area contributed by atoms with E-state index in [1.54, 1.807) is 31.3 Å². The molecule has 8 heteroatoms. The van der Waals surface area contributed by atoms with Crippen LogP contribution in [0.1, 0.15) is 41.5 Å². The number of thiazole rings is 1. The number of hydrogen-bond acceptors (Lipinski definition) is 7. The Morgan fingerprint density at radius 1 is 1.20 bits per heavy atom. The number of ether oxygens (including phenoxy) is 3. The summed E-state index contributed by atoms with van der Waals surface area (Å²) in [5.74, 6) is 1.92. The Kier molecular flexibility index (Phi) is 7.35. The molecule has 0 saturated carbocycles. The van der Waals surface area contributed by atoms with E-state index in [2.05, 4.69) is 4.98 Å². The second kappa shape index (κ2) is 10.2. The van der Waals surface area contributed by atoms with Crippen molar-refractivity contribution < 1.29 is 23.4 Å². The van der Waals surface area contributed by atoms with Gasteiger partial charge in [0.15, 0.2) is 17.3 Å². The molecular weight excluding hydrogens is 404 g/mol. The van der Waals surface area contributed by atoms with Gasteiger partial charge in [-0.15, -0.1) is 11.3 Å². The van der Waals surface area contributed by atoms with Crippen molar-refractivity contribution in [2.75, 3.05) is 14.2 Å². The lowest BCUT2D eigenvalue weighted by Crippen LogP contribution is -2.37. The van der Waals surface area contributed by atoms with Crippen molar-refractivity contribution in [1.29, 1.82) is 0 Å². The van der Waals surface area contributed by atoms with E-state index < -0.39 is 0 Å². The molecule has 7 nitrogen and oxygen atoms in total. The van der Waals surface area contributed by atoms with Crippen molar-refractivity contribution in [3.05, 3.63) is 58.4 Å². The molecule has 0 aliphatic heterocycles. The average Bonchev–Trinajstić information content (AvgIpc) is 3.47. The van der Waals surface area contributed by atoms with E-state index in [1.165, 1.54) is 17.6 Å². The maximum absolute atomic E-state index is 12.8. The van der Waals surface area contributed by atoms with E-state index in [9.17, 15) is 4.79 Å². The van der Waals surface area contributed by atoms with E-state index in [-0.39, 0.29) is 18.6 Å². The predicted octanol–water partition coefficient (Wildman–Crippen LogP) is 4.77. The molecule has 2 heterocycles. The summed E-state index contributed by atoms with van der Waals surface area (Å²) in [6, 6.07) is 8.92. The van der Waals surface area contributed by atoms with Gasteiger partial charge in [-0.05, 0) is 37.6 Å². The SMILES string of the molecule is CC[C@@H](C)N(Cc1csc(COc2c(OC)cccc2OC)n1)C(=O)c1ccco1. The molecule has 0 spiro atoms. The quantitative estimate of drug-likeness (QED) is 0.461. The molecule has 0 bridgehead atoms. The molecule has 1 aromatic carbocycles. The van der Waals surface area contributed by atoms with Crippen LogP contribution in [0, 0.1) is 0 Å². The predicted molar refractivity (Wildman–Crippen MR) is 114 cm³/mol. The van der Waals surface area contributed by atoms with Crippen LogP contribution in [0.25, 0.3) is 0 Å². The first-order valence-electron chi connectivity index (χ1n) is 9.68. The zero-order valence-corrected chi connectivity index (χ0v) is 18.4. The number of carbonyl (C=O) groups is 1. The molecule has 0 radical (unpaired) electrons. The van der Waals surface area contributed by atoms with E-state index in [1.807, 2.05) is 37.4 Å². The minimum absolute atomic E-state index is 0.0573. The highest BCUT2D eigenvalue weighted by atomic mass is 32.1. The van der Waals surface area contributed by atoms with Crippen molar-refractivity contribution in [2.45, 2.75) is 39.5 Å². The zero-order chi connectivity index (χ0) is 21.5. The van der Waals surface area contributed by atoms with Crippen molar-refractivity contribution in [3.8, 4) is 17.2 Å². The lowest BCUT2D eigenvalue weighted by molar-refractivity contribution is 0.0636. The monoisotopic (exact) mass is 430 g/mol. The summed E-state index contributed by atoms with van der Waals surface area (Å²) in [5.41, 5.74) is 0.811. The first-order valence-corrected chi connectivity index (χ1v) is 10.6. The van der Waals surface area contributed by atoms with E-state index in [0.717, 1.165) is 17.1 Å². The zero-order valence-electron chi connectivity index (χ0n) is 17.6. The first kappa shape index (κ1) is 21.7. The van der Waals surface area contributed by atoms with Gasteiger partial charge in [0.1, 0.15) is 11.6 Å². The summed E-state index contributed by atoms with van der Waals surface area (Å²) in [6.07, 6.45) is 2.34. The Morgan fingerprint density at radius 3 is 2.53 bits per heavy atom. The van der Waals surface area contributed by atoms with Crippen LogP contribution < -0.4 is 14.2 Å². The summed E-state index contributed by atoms with van der Waals surface area (Å²) in [4.78, 5) is 19.2. The fourth-order valence-corrected chi connectivity index (χ4v) is 3.64. The largest absolute Gasteiger partial charge is 0.493 e. The van der Waals surface area contributed by atoms with Gasteiger partial charge in [-0.1, -0.05) is 13.0 Å². The van der Waals surface area contributed by atoms with Gasteiger partial charge in [0.2, 0.25) is 5.75 Å². The third-order valence-electron chi connectivity index (χ3n) is 4.77. The van der Waals surface area contributed by atoms with E-state index in [0.29, 0.717) is 29.6 Å². The normalized spacial score (nSPS) is 11.7. The molecule has 0 fully saturated rings. The minimum Gasteiger partial charge on any atom is -0.493 e. The van der Waals surface area contributed by atoms with Crippen LogP contribution in [0.2, 0.25) is 0 Å². The number of hydrogen-bond donors (Lipinski definition) is 0. The van der Waals surface area contributed by atoms with Gasteiger partial charge in [-0.25, -0.2) is 4.98 Å². The summed E-state index contributed by atoms with van der Waals surface area (Å²) in [7, 11) is 3.17. The number of nitrogens with zero attached hydrogens (tertiary/aromatic N) is 2. The number of carbonyl (C=O) groups excluding carboxylic acids is 1. The second-order valence-corrected chi connectivity index (χ2v) is 7.62. The highest BCUT2D eigenvalue weighted by Crippen LogP contribution is 2.37. The molecule has 0 saturated heterocycles. The first-order chi connectivity index (χ1) is 14.6. The Labute approximate surface area is 180 Å². The van der Waals surface area contributed by atoms with Gasteiger partial charge in [-0.2, -0.15) is 0 Å². The third-order valence-corrected chi connectivity index (χ3v) is 5.64.